The number of rotatable bonds is 1. The van der Waals surface area contributed by atoms with Crippen molar-refractivity contribution in [1.29, 1.82) is 0 Å². The summed E-state index contributed by atoms with van der Waals surface area (Å²) < 4.78 is 36.8. The van der Waals surface area contributed by atoms with E-state index in [0.717, 1.165) is 25.9 Å². The molecular weight excluding hydrogens is 221 g/mol. The van der Waals surface area contributed by atoms with Gasteiger partial charge in [-0.05, 0) is 18.3 Å². The molecule has 4 nitrogen and oxygen atoms in total. The summed E-state index contributed by atoms with van der Waals surface area (Å²) >= 11 is 0. The molecule has 0 aromatic carbocycles. The highest BCUT2D eigenvalue weighted by molar-refractivity contribution is 5.13. The van der Waals surface area contributed by atoms with Crippen LogP contribution in [0.3, 0.4) is 0 Å². The molecule has 7 heteroatoms. The number of aromatic amines is 1. The summed E-state index contributed by atoms with van der Waals surface area (Å²) in [6.45, 7) is 1.95. The average molecular weight is 232 g/mol. The number of nitrogens with one attached hydrogen (secondary N) is 2. The average Bonchev–Trinajstić information content (AvgIpc) is 2.45. The minimum absolute atomic E-state index is 0.116. The van der Waals surface area contributed by atoms with Crippen LogP contribution in [0, 0.1) is 5.41 Å². The third-order valence-corrected chi connectivity index (χ3v) is 3.50. The van der Waals surface area contributed by atoms with E-state index in [9.17, 15) is 13.2 Å². The van der Waals surface area contributed by atoms with Crippen molar-refractivity contribution in [2.75, 3.05) is 13.1 Å². The highest BCUT2D eigenvalue weighted by atomic mass is 19.4. The first-order valence-electron chi connectivity index (χ1n) is 5.19. The summed E-state index contributed by atoms with van der Waals surface area (Å²) in [7, 11) is 0. The second-order valence-electron chi connectivity index (χ2n) is 4.75. The van der Waals surface area contributed by atoms with Gasteiger partial charge in [0.05, 0.1) is 0 Å². The Hall–Kier alpha value is -1.11. The molecule has 1 spiro atoms. The first kappa shape index (κ1) is 10.1. The lowest BCUT2D eigenvalue weighted by Gasteiger charge is -2.53. The molecule has 0 atom stereocenters. The van der Waals surface area contributed by atoms with Crippen molar-refractivity contribution in [2.45, 2.75) is 24.9 Å². The number of H-pyrrole nitrogens is 1. The van der Waals surface area contributed by atoms with Gasteiger partial charge in [0.1, 0.15) is 5.82 Å². The van der Waals surface area contributed by atoms with Gasteiger partial charge in [-0.25, -0.2) is 4.98 Å². The monoisotopic (exact) mass is 232 g/mol. The topological polar surface area (TPSA) is 53.6 Å². The lowest BCUT2D eigenvalue weighted by molar-refractivity contribution is -0.144. The van der Waals surface area contributed by atoms with Gasteiger partial charge in [-0.3, -0.25) is 5.10 Å². The smallest absolute Gasteiger partial charge is 0.316 e. The molecular formula is C9H11F3N4. The van der Waals surface area contributed by atoms with Gasteiger partial charge in [-0.15, -0.1) is 5.10 Å². The van der Waals surface area contributed by atoms with E-state index in [4.69, 9.17) is 0 Å². The molecule has 1 saturated heterocycles. The Balaban J connectivity index is 1.70. The van der Waals surface area contributed by atoms with Gasteiger partial charge in [0.2, 0.25) is 0 Å². The summed E-state index contributed by atoms with van der Waals surface area (Å²) in [4.78, 5) is 3.52. The molecule has 1 saturated carbocycles. The fraction of sp³-hybridized carbons (Fsp3) is 0.778. The van der Waals surface area contributed by atoms with Gasteiger partial charge in [0.25, 0.3) is 5.82 Å². The van der Waals surface area contributed by atoms with Gasteiger partial charge in [-0.1, -0.05) is 0 Å². The third kappa shape index (κ3) is 1.41. The number of nitrogens with zero attached hydrogens (tertiary/aromatic N) is 2. The Morgan fingerprint density at radius 2 is 1.94 bits per heavy atom. The van der Waals surface area contributed by atoms with E-state index >= 15 is 0 Å². The SMILES string of the molecule is FC(F)(F)c1n[nH]c(C2CC3(CNC3)C2)n1. The molecule has 2 fully saturated rings. The molecule has 2 N–H and O–H groups in total. The fourth-order valence-corrected chi connectivity index (χ4v) is 2.53. The largest absolute Gasteiger partial charge is 0.453 e. The fourth-order valence-electron chi connectivity index (χ4n) is 2.53. The standard InChI is InChI=1S/C9H11F3N4/c10-9(11,12)7-14-6(15-16-7)5-1-8(2-5)3-13-4-8/h5,13H,1-4H2,(H,14,15,16). The van der Waals surface area contributed by atoms with Crippen molar-refractivity contribution < 1.29 is 13.2 Å². The van der Waals surface area contributed by atoms with E-state index in [2.05, 4.69) is 20.5 Å². The molecule has 1 aliphatic heterocycles. The number of halogens is 3. The van der Waals surface area contributed by atoms with E-state index in [1.165, 1.54) is 0 Å². The maximum atomic E-state index is 12.3. The molecule has 1 aromatic heterocycles. The van der Waals surface area contributed by atoms with Gasteiger partial charge in [0, 0.05) is 19.0 Å². The Morgan fingerprint density at radius 1 is 1.25 bits per heavy atom. The molecule has 3 rings (SSSR count). The van der Waals surface area contributed by atoms with Gasteiger partial charge in [0.15, 0.2) is 0 Å². The van der Waals surface area contributed by atoms with Crippen LogP contribution in [0.1, 0.15) is 30.4 Å². The zero-order valence-electron chi connectivity index (χ0n) is 8.43. The van der Waals surface area contributed by atoms with Crippen LogP contribution >= 0.6 is 0 Å². The van der Waals surface area contributed by atoms with Crippen molar-refractivity contribution in [2.24, 2.45) is 5.41 Å². The Labute approximate surface area is 89.6 Å². The molecule has 0 radical (unpaired) electrons. The van der Waals surface area contributed by atoms with E-state index in [1.807, 2.05) is 0 Å². The zero-order chi connectivity index (χ0) is 11.4. The van der Waals surface area contributed by atoms with Crippen LogP contribution in [0.15, 0.2) is 0 Å². The molecule has 1 aromatic rings. The molecule has 16 heavy (non-hydrogen) atoms. The van der Waals surface area contributed by atoms with Gasteiger partial charge >= 0.3 is 6.18 Å². The van der Waals surface area contributed by atoms with Crippen LogP contribution in [0.2, 0.25) is 0 Å². The van der Waals surface area contributed by atoms with E-state index in [1.54, 1.807) is 0 Å². The summed E-state index contributed by atoms with van der Waals surface area (Å²) in [5, 5.41) is 8.78. The van der Waals surface area contributed by atoms with Gasteiger partial charge < -0.3 is 5.32 Å². The molecule has 0 unspecified atom stereocenters. The minimum atomic E-state index is -4.45. The predicted molar refractivity (Wildman–Crippen MR) is 48.7 cm³/mol. The van der Waals surface area contributed by atoms with Crippen molar-refractivity contribution in [3.05, 3.63) is 11.6 Å². The second kappa shape index (κ2) is 2.97. The number of hydrogen-bond acceptors (Lipinski definition) is 3. The zero-order valence-corrected chi connectivity index (χ0v) is 8.43. The predicted octanol–water partition coefficient (Wildman–Crippen LogP) is 1.29. The van der Waals surface area contributed by atoms with Crippen LogP contribution in [0.25, 0.3) is 0 Å². The second-order valence-corrected chi connectivity index (χ2v) is 4.75. The van der Waals surface area contributed by atoms with Crippen LogP contribution in [0.5, 0.6) is 0 Å². The molecule has 2 heterocycles. The van der Waals surface area contributed by atoms with Gasteiger partial charge in [-0.2, -0.15) is 13.2 Å². The van der Waals surface area contributed by atoms with Crippen LogP contribution < -0.4 is 5.32 Å². The first-order chi connectivity index (χ1) is 7.49. The Kier molecular flexibility index (Phi) is 1.87. The Bertz CT molecular complexity index is 399. The van der Waals surface area contributed by atoms with Crippen molar-refractivity contribution in [1.82, 2.24) is 20.5 Å². The maximum Gasteiger partial charge on any atom is 0.453 e. The molecule has 2 aliphatic rings. The van der Waals surface area contributed by atoms with Crippen molar-refractivity contribution in [3.63, 3.8) is 0 Å². The summed E-state index contributed by atoms with van der Waals surface area (Å²) in [5.74, 6) is -0.564. The summed E-state index contributed by atoms with van der Waals surface area (Å²) in [5.41, 5.74) is 0.329. The van der Waals surface area contributed by atoms with E-state index < -0.39 is 12.0 Å². The van der Waals surface area contributed by atoms with Crippen LogP contribution in [-0.4, -0.2) is 28.3 Å². The normalized spacial score (nSPS) is 24.2. The molecule has 1 aliphatic carbocycles. The first-order valence-corrected chi connectivity index (χ1v) is 5.19. The van der Waals surface area contributed by atoms with Crippen LogP contribution in [0.4, 0.5) is 13.2 Å². The number of alkyl halides is 3. The van der Waals surface area contributed by atoms with E-state index in [-0.39, 0.29) is 5.92 Å². The molecule has 0 bridgehead atoms. The lowest BCUT2D eigenvalue weighted by atomic mass is 9.58. The number of hydrogen-bond donors (Lipinski definition) is 2. The van der Waals surface area contributed by atoms with Crippen molar-refractivity contribution in [3.8, 4) is 0 Å². The summed E-state index contributed by atoms with van der Waals surface area (Å²) in [6, 6.07) is 0. The number of aromatic nitrogens is 3. The molecule has 0 amide bonds. The van der Waals surface area contributed by atoms with Crippen LogP contribution in [-0.2, 0) is 6.18 Å². The Morgan fingerprint density at radius 3 is 2.38 bits per heavy atom. The highest BCUT2D eigenvalue weighted by Gasteiger charge is 2.50. The summed E-state index contributed by atoms with van der Waals surface area (Å²) in [6.07, 6.45) is -2.63. The minimum Gasteiger partial charge on any atom is -0.316 e. The maximum absolute atomic E-state index is 12.3. The third-order valence-electron chi connectivity index (χ3n) is 3.50. The van der Waals surface area contributed by atoms with Crippen molar-refractivity contribution >= 4 is 0 Å². The highest BCUT2D eigenvalue weighted by Crippen LogP contribution is 2.52. The lowest BCUT2D eigenvalue weighted by Crippen LogP contribution is -2.59. The quantitative estimate of drug-likeness (QED) is 0.767. The van der Waals surface area contributed by atoms with E-state index in [0.29, 0.717) is 11.2 Å². The molecule has 88 valence electrons.